The number of benzene rings is 1. The molecule has 2 aromatic heterocycles. The summed E-state index contributed by atoms with van der Waals surface area (Å²) in [5.74, 6) is 1.04. The van der Waals surface area contributed by atoms with E-state index in [1.165, 1.54) is 0 Å². The lowest BCUT2D eigenvalue weighted by molar-refractivity contribution is 0.644. The summed E-state index contributed by atoms with van der Waals surface area (Å²) in [5.41, 5.74) is 1.97. The zero-order valence-electron chi connectivity index (χ0n) is 11.8. The van der Waals surface area contributed by atoms with Crippen molar-refractivity contribution in [2.75, 3.05) is 5.32 Å². The van der Waals surface area contributed by atoms with Crippen molar-refractivity contribution in [2.45, 2.75) is 26.4 Å². The fourth-order valence-corrected chi connectivity index (χ4v) is 2.14. The van der Waals surface area contributed by atoms with E-state index in [4.69, 9.17) is 0 Å². The van der Waals surface area contributed by atoms with Gasteiger partial charge in [-0.1, -0.05) is 6.92 Å². The van der Waals surface area contributed by atoms with Gasteiger partial charge < -0.3 is 9.88 Å². The van der Waals surface area contributed by atoms with Crippen LogP contribution in [-0.4, -0.2) is 29.8 Å². The zero-order chi connectivity index (χ0) is 14.5. The minimum Gasteiger partial charge on any atom is -0.378 e. The second-order valence-electron chi connectivity index (χ2n) is 4.69. The molecule has 1 aromatic carbocycles. The van der Waals surface area contributed by atoms with Gasteiger partial charge in [-0.2, -0.15) is 0 Å². The monoisotopic (exact) mass is 283 g/mol. The highest BCUT2D eigenvalue weighted by atomic mass is 15.5. The summed E-state index contributed by atoms with van der Waals surface area (Å²) in [7, 11) is 0. The van der Waals surface area contributed by atoms with Crippen LogP contribution in [0.4, 0.5) is 5.69 Å². The first kappa shape index (κ1) is 13.3. The molecule has 0 saturated heterocycles. The lowest BCUT2D eigenvalue weighted by Gasteiger charge is -2.09. The van der Waals surface area contributed by atoms with Gasteiger partial charge in [-0.05, 0) is 41.1 Å². The minimum absolute atomic E-state index is 0.706. The summed E-state index contributed by atoms with van der Waals surface area (Å²) in [6, 6.07) is 7.95. The normalized spacial score (nSPS) is 10.7. The number of rotatable bonds is 6. The van der Waals surface area contributed by atoms with Crippen LogP contribution >= 0.6 is 0 Å². The third-order valence-electron chi connectivity index (χ3n) is 3.20. The Bertz CT molecular complexity index is 670. The highest BCUT2D eigenvalue weighted by Crippen LogP contribution is 2.13. The number of hydrogen-bond donors (Lipinski definition) is 1. The number of aromatic nitrogens is 6. The molecule has 0 bridgehead atoms. The number of imidazole rings is 1. The van der Waals surface area contributed by atoms with E-state index in [-0.39, 0.29) is 0 Å². The number of aryl methyl sites for hydroxylation is 1. The van der Waals surface area contributed by atoms with Gasteiger partial charge in [0.25, 0.3) is 0 Å². The molecule has 2 heterocycles. The fourth-order valence-electron chi connectivity index (χ4n) is 2.14. The van der Waals surface area contributed by atoms with E-state index in [0.29, 0.717) is 6.54 Å². The van der Waals surface area contributed by atoms with Gasteiger partial charge in [0.05, 0.1) is 12.2 Å². The Labute approximate surface area is 122 Å². The molecule has 108 valence electrons. The Morgan fingerprint density at radius 2 is 2.05 bits per heavy atom. The molecule has 0 saturated carbocycles. The number of hydrogen-bond acceptors (Lipinski definition) is 5. The Morgan fingerprint density at radius 1 is 1.19 bits per heavy atom. The van der Waals surface area contributed by atoms with Crippen LogP contribution in [0.1, 0.15) is 19.2 Å². The fraction of sp³-hybridized carbons (Fsp3) is 0.286. The predicted octanol–water partition coefficient (Wildman–Crippen LogP) is 1.88. The maximum Gasteiger partial charge on any atom is 0.143 e. The van der Waals surface area contributed by atoms with Crippen LogP contribution in [0.2, 0.25) is 0 Å². The van der Waals surface area contributed by atoms with Gasteiger partial charge in [-0.15, -0.1) is 5.10 Å². The predicted molar refractivity (Wildman–Crippen MR) is 79.0 cm³/mol. The maximum atomic E-state index is 4.38. The molecular weight excluding hydrogens is 266 g/mol. The Balaban J connectivity index is 1.64. The molecule has 0 fully saturated rings. The smallest absolute Gasteiger partial charge is 0.143 e. The number of nitrogens with one attached hydrogen (secondary N) is 1. The van der Waals surface area contributed by atoms with Gasteiger partial charge in [0.15, 0.2) is 0 Å². The first-order chi connectivity index (χ1) is 10.4. The van der Waals surface area contributed by atoms with Gasteiger partial charge in [0.1, 0.15) is 12.2 Å². The number of nitrogens with zero attached hydrogens (tertiary/aromatic N) is 6. The Morgan fingerprint density at radius 3 is 2.76 bits per heavy atom. The topological polar surface area (TPSA) is 73.5 Å². The second kappa shape index (κ2) is 6.17. The van der Waals surface area contributed by atoms with Gasteiger partial charge in [0.2, 0.25) is 0 Å². The van der Waals surface area contributed by atoms with Crippen molar-refractivity contribution in [3.05, 3.63) is 48.8 Å². The molecular formula is C14H17N7. The third-order valence-corrected chi connectivity index (χ3v) is 3.20. The van der Waals surface area contributed by atoms with E-state index < -0.39 is 0 Å². The number of anilines is 1. The lowest BCUT2D eigenvalue weighted by atomic mass is 10.3. The summed E-state index contributed by atoms with van der Waals surface area (Å²) in [6.07, 6.45) is 6.53. The van der Waals surface area contributed by atoms with Crippen LogP contribution in [0.15, 0.2) is 43.0 Å². The van der Waals surface area contributed by atoms with E-state index in [1.807, 2.05) is 36.7 Å². The molecule has 3 rings (SSSR count). The van der Waals surface area contributed by atoms with Crippen molar-refractivity contribution >= 4 is 5.69 Å². The van der Waals surface area contributed by atoms with Crippen molar-refractivity contribution < 1.29 is 0 Å². The average Bonchev–Trinajstić information content (AvgIpc) is 3.18. The number of tetrazole rings is 1. The molecule has 21 heavy (non-hydrogen) atoms. The van der Waals surface area contributed by atoms with Gasteiger partial charge in [-0.25, -0.2) is 9.67 Å². The Hall–Kier alpha value is -2.70. The molecule has 0 atom stereocenters. The molecule has 0 aliphatic carbocycles. The summed E-state index contributed by atoms with van der Waals surface area (Å²) in [6.45, 7) is 3.86. The summed E-state index contributed by atoms with van der Waals surface area (Å²) < 4.78 is 3.79. The molecule has 0 unspecified atom stereocenters. The summed E-state index contributed by atoms with van der Waals surface area (Å²) >= 11 is 0. The molecule has 1 N–H and O–H groups in total. The first-order valence-electron chi connectivity index (χ1n) is 6.94. The molecule has 0 spiro atoms. The van der Waals surface area contributed by atoms with Crippen molar-refractivity contribution in [3.8, 4) is 5.69 Å². The average molecular weight is 283 g/mol. The molecule has 3 aromatic rings. The first-order valence-corrected chi connectivity index (χ1v) is 6.94. The van der Waals surface area contributed by atoms with E-state index in [1.54, 1.807) is 11.0 Å². The molecule has 0 aliphatic rings. The highest BCUT2D eigenvalue weighted by molar-refractivity contribution is 5.48. The third kappa shape index (κ3) is 3.07. The van der Waals surface area contributed by atoms with Crippen molar-refractivity contribution in [3.63, 3.8) is 0 Å². The van der Waals surface area contributed by atoms with E-state index >= 15 is 0 Å². The van der Waals surface area contributed by atoms with Gasteiger partial charge in [0, 0.05) is 24.6 Å². The zero-order valence-corrected chi connectivity index (χ0v) is 11.8. The lowest BCUT2D eigenvalue weighted by Crippen LogP contribution is -2.08. The molecule has 0 aliphatic heterocycles. The highest BCUT2D eigenvalue weighted by Gasteiger charge is 2.02. The van der Waals surface area contributed by atoms with Crippen LogP contribution in [-0.2, 0) is 13.1 Å². The van der Waals surface area contributed by atoms with Gasteiger partial charge in [-0.3, -0.25) is 0 Å². The van der Waals surface area contributed by atoms with Crippen molar-refractivity contribution in [1.29, 1.82) is 0 Å². The van der Waals surface area contributed by atoms with Crippen LogP contribution in [0.25, 0.3) is 5.69 Å². The standard InChI is InChI=1S/C14H17N7/c1-2-8-20-9-7-15-14(20)10-16-12-3-5-13(6-4-12)21-11-17-18-19-21/h3-7,9,11,16H,2,8,10H2,1H3. The molecule has 0 radical (unpaired) electrons. The van der Waals surface area contributed by atoms with Crippen molar-refractivity contribution in [1.82, 2.24) is 29.8 Å². The largest absolute Gasteiger partial charge is 0.378 e. The Kier molecular flexibility index (Phi) is 3.90. The van der Waals surface area contributed by atoms with Crippen LogP contribution in [0.3, 0.4) is 0 Å². The second-order valence-corrected chi connectivity index (χ2v) is 4.69. The molecule has 7 nitrogen and oxygen atoms in total. The molecule has 7 heteroatoms. The quantitative estimate of drug-likeness (QED) is 0.747. The summed E-state index contributed by atoms with van der Waals surface area (Å²) in [4.78, 5) is 4.38. The minimum atomic E-state index is 0.706. The molecule has 0 amide bonds. The van der Waals surface area contributed by atoms with Crippen molar-refractivity contribution in [2.24, 2.45) is 0 Å². The van der Waals surface area contributed by atoms with E-state index in [9.17, 15) is 0 Å². The van der Waals surface area contributed by atoms with Crippen LogP contribution < -0.4 is 5.32 Å². The maximum absolute atomic E-state index is 4.38. The summed E-state index contributed by atoms with van der Waals surface area (Å²) in [5, 5.41) is 14.5. The van der Waals surface area contributed by atoms with E-state index in [0.717, 1.165) is 30.2 Å². The van der Waals surface area contributed by atoms with Gasteiger partial charge >= 0.3 is 0 Å². The SMILES string of the molecule is CCCn1ccnc1CNc1ccc(-n2cnnn2)cc1. The van der Waals surface area contributed by atoms with Crippen LogP contribution in [0, 0.1) is 0 Å². The van der Waals surface area contributed by atoms with Crippen LogP contribution in [0.5, 0.6) is 0 Å². The van der Waals surface area contributed by atoms with E-state index in [2.05, 4.69) is 37.3 Å².